The Morgan fingerprint density at radius 3 is 2.50 bits per heavy atom. The Kier molecular flexibility index (Phi) is 6.17. The topological polar surface area (TPSA) is 45.1 Å². The molecule has 1 amide bonds. The number of ether oxygens (including phenoxy) is 1. The van der Waals surface area contributed by atoms with Crippen molar-refractivity contribution < 1.29 is 9.53 Å². The lowest BCUT2D eigenvalue weighted by Crippen LogP contribution is -2.34. The van der Waals surface area contributed by atoms with Crippen LogP contribution in [0.5, 0.6) is 0 Å². The summed E-state index contributed by atoms with van der Waals surface area (Å²) in [6, 6.07) is 18.4. The van der Waals surface area contributed by atoms with E-state index < -0.39 is 5.60 Å². The van der Waals surface area contributed by atoms with Gasteiger partial charge in [-0.3, -0.25) is 9.89 Å². The highest BCUT2D eigenvalue weighted by Gasteiger charge is 2.30. The first kappa shape index (κ1) is 21.9. The van der Waals surface area contributed by atoms with Gasteiger partial charge in [-0.15, -0.1) is 0 Å². The molecule has 32 heavy (non-hydrogen) atoms. The molecule has 0 spiro atoms. The Hall–Kier alpha value is -3.34. The lowest BCUT2D eigenvalue weighted by Gasteiger charge is -2.27. The van der Waals surface area contributed by atoms with E-state index in [4.69, 9.17) is 4.74 Å². The number of aliphatic imine (C=N–C) groups is 1. The molecule has 0 bridgehead atoms. The van der Waals surface area contributed by atoms with Crippen molar-refractivity contribution in [2.75, 3.05) is 18.5 Å². The third kappa shape index (κ3) is 4.93. The van der Waals surface area contributed by atoms with Crippen molar-refractivity contribution in [3.8, 4) is 0 Å². The molecule has 1 aliphatic heterocycles. The Balaban J connectivity index is 1.69. The number of rotatable bonds is 4. The summed E-state index contributed by atoms with van der Waals surface area (Å²) in [6.45, 7) is 6.60. The average Bonchev–Trinajstić information content (AvgIpc) is 3.36. The molecule has 2 aromatic rings. The fourth-order valence-electron chi connectivity index (χ4n) is 4.17. The van der Waals surface area contributed by atoms with Crippen LogP contribution in [0.4, 0.5) is 16.2 Å². The number of amides is 1. The van der Waals surface area contributed by atoms with Crippen LogP contribution in [-0.4, -0.2) is 36.4 Å². The summed E-state index contributed by atoms with van der Waals surface area (Å²) in [5.41, 5.74) is 6.00. The minimum Gasteiger partial charge on any atom is -0.443 e. The van der Waals surface area contributed by atoms with Crippen LogP contribution in [0.25, 0.3) is 0 Å². The maximum atomic E-state index is 12.9. The predicted molar refractivity (Wildman–Crippen MR) is 130 cm³/mol. The molecule has 1 heterocycles. The molecule has 4 rings (SSSR count). The summed E-state index contributed by atoms with van der Waals surface area (Å²) in [7, 11) is 1.79. The van der Waals surface area contributed by atoms with Crippen LogP contribution in [0.2, 0.25) is 0 Å². The number of carbonyl (C=O) groups excluding carboxylic acids is 1. The Labute approximate surface area is 190 Å². The van der Waals surface area contributed by atoms with E-state index in [-0.39, 0.29) is 6.09 Å². The van der Waals surface area contributed by atoms with Crippen LogP contribution in [0, 0.1) is 0 Å². The number of likely N-dealkylation sites (N-methyl/N-ethyl adjacent to an activating group) is 1. The molecular weight excluding hydrogens is 398 g/mol. The average molecular weight is 430 g/mol. The highest BCUT2D eigenvalue weighted by atomic mass is 16.6. The highest BCUT2D eigenvalue weighted by Crippen LogP contribution is 2.36. The maximum Gasteiger partial charge on any atom is 0.414 e. The van der Waals surface area contributed by atoms with Gasteiger partial charge in [0.25, 0.3) is 0 Å². The number of benzene rings is 2. The van der Waals surface area contributed by atoms with Crippen molar-refractivity contribution in [3.05, 3.63) is 83.2 Å². The monoisotopic (exact) mass is 429 g/mol. The van der Waals surface area contributed by atoms with Gasteiger partial charge in [0.15, 0.2) is 0 Å². The summed E-state index contributed by atoms with van der Waals surface area (Å²) < 4.78 is 5.67. The molecule has 5 nitrogen and oxygen atoms in total. The largest absolute Gasteiger partial charge is 0.443 e. The summed E-state index contributed by atoms with van der Waals surface area (Å²) >= 11 is 0. The van der Waals surface area contributed by atoms with E-state index in [9.17, 15) is 4.79 Å². The van der Waals surface area contributed by atoms with E-state index in [1.165, 1.54) is 11.3 Å². The Bertz CT molecular complexity index is 1080. The zero-order chi connectivity index (χ0) is 22.7. The van der Waals surface area contributed by atoms with Gasteiger partial charge in [-0.1, -0.05) is 36.4 Å². The van der Waals surface area contributed by atoms with Gasteiger partial charge in [0.1, 0.15) is 5.60 Å². The standard InChI is InChI=1S/C27H31N3O2/c1-27(2,3)32-26(31)29(4)25-21(18-28-23-11-6-5-7-12-23)14-15-22(25)19-30-17-16-20-10-8-9-13-24(20)30/h5-13,18-19H,14-17H2,1-4H3/b22-19+,28-18?. The Morgan fingerprint density at radius 2 is 1.75 bits per heavy atom. The van der Waals surface area contributed by atoms with Crippen LogP contribution in [0.15, 0.2) is 82.6 Å². The van der Waals surface area contributed by atoms with Crippen LogP contribution < -0.4 is 4.90 Å². The van der Waals surface area contributed by atoms with E-state index in [2.05, 4.69) is 40.4 Å². The predicted octanol–water partition coefficient (Wildman–Crippen LogP) is 6.25. The zero-order valence-corrected chi connectivity index (χ0v) is 19.3. The number of carbonyl (C=O) groups is 1. The second-order valence-electron chi connectivity index (χ2n) is 9.23. The van der Waals surface area contributed by atoms with E-state index in [1.54, 1.807) is 11.9 Å². The number of para-hydroxylation sites is 2. The molecule has 0 aromatic heterocycles. The first-order valence-electron chi connectivity index (χ1n) is 11.2. The second kappa shape index (κ2) is 9.03. The van der Waals surface area contributed by atoms with Gasteiger partial charge in [-0.2, -0.15) is 0 Å². The summed E-state index contributed by atoms with van der Waals surface area (Å²) in [4.78, 5) is 21.5. The van der Waals surface area contributed by atoms with Crippen molar-refractivity contribution in [2.45, 2.75) is 45.6 Å². The number of hydrogen-bond acceptors (Lipinski definition) is 4. The summed E-state index contributed by atoms with van der Waals surface area (Å²) in [6.07, 6.45) is 6.46. The molecule has 1 aliphatic carbocycles. The van der Waals surface area contributed by atoms with Gasteiger partial charge in [0, 0.05) is 31.7 Å². The van der Waals surface area contributed by atoms with Gasteiger partial charge in [-0.05, 0) is 74.9 Å². The van der Waals surface area contributed by atoms with E-state index >= 15 is 0 Å². The van der Waals surface area contributed by atoms with Gasteiger partial charge < -0.3 is 9.64 Å². The van der Waals surface area contributed by atoms with Crippen LogP contribution >= 0.6 is 0 Å². The minimum absolute atomic E-state index is 0.354. The number of fused-ring (bicyclic) bond motifs is 1. The molecule has 0 saturated carbocycles. The molecule has 0 N–H and O–H groups in total. The lowest BCUT2D eigenvalue weighted by molar-refractivity contribution is 0.0357. The number of nitrogens with zero attached hydrogens (tertiary/aromatic N) is 3. The number of anilines is 1. The maximum absolute atomic E-state index is 12.9. The van der Waals surface area contributed by atoms with Gasteiger partial charge in [0.2, 0.25) is 0 Å². The molecule has 2 aliphatic rings. The van der Waals surface area contributed by atoms with Gasteiger partial charge in [0.05, 0.1) is 11.4 Å². The van der Waals surface area contributed by atoms with Crippen molar-refractivity contribution >= 4 is 23.7 Å². The highest BCUT2D eigenvalue weighted by molar-refractivity contribution is 5.86. The van der Waals surface area contributed by atoms with Gasteiger partial charge in [-0.25, -0.2) is 4.79 Å². The fraction of sp³-hybridized carbons (Fsp3) is 0.333. The molecule has 0 fully saturated rings. The SMILES string of the molecule is CN(C(=O)OC(C)(C)C)C1=C(C=Nc2ccccc2)CC/C1=C\N1CCc2ccccc21. The van der Waals surface area contributed by atoms with Crippen LogP contribution in [0.3, 0.4) is 0 Å². The Morgan fingerprint density at radius 1 is 1.03 bits per heavy atom. The van der Waals surface area contributed by atoms with E-state index in [1.807, 2.05) is 57.3 Å². The third-order valence-electron chi connectivity index (χ3n) is 5.64. The fourth-order valence-corrected chi connectivity index (χ4v) is 4.17. The molecule has 0 saturated heterocycles. The first-order chi connectivity index (χ1) is 15.3. The molecule has 0 unspecified atom stereocenters. The smallest absolute Gasteiger partial charge is 0.414 e. The summed E-state index contributed by atoms with van der Waals surface area (Å²) in [5.74, 6) is 0. The van der Waals surface area contributed by atoms with Gasteiger partial charge >= 0.3 is 6.09 Å². The number of allylic oxidation sites excluding steroid dienone is 2. The third-order valence-corrected chi connectivity index (χ3v) is 5.64. The summed E-state index contributed by atoms with van der Waals surface area (Å²) in [5, 5.41) is 0. The van der Waals surface area contributed by atoms with Crippen molar-refractivity contribution in [1.29, 1.82) is 0 Å². The molecule has 5 heteroatoms. The van der Waals surface area contributed by atoms with Crippen molar-refractivity contribution in [2.24, 2.45) is 4.99 Å². The second-order valence-corrected chi connectivity index (χ2v) is 9.23. The van der Waals surface area contributed by atoms with Crippen LogP contribution in [0.1, 0.15) is 39.2 Å². The minimum atomic E-state index is -0.555. The lowest BCUT2D eigenvalue weighted by atomic mass is 10.1. The van der Waals surface area contributed by atoms with E-state index in [0.717, 1.165) is 48.3 Å². The normalized spacial score (nSPS) is 17.4. The molecule has 0 atom stereocenters. The quantitative estimate of drug-likeness (QED) is 0.540. The first-order valence-corrected chi connectivity index (χ1v) is 11.2. The van der Waals surface area contributed by atoms with Crippen LogP contribution in [-0.2, 0) is 11.2 Å². The molecular formula is C27H31N3O2. The van der Waals surface area contributed by atoms with E-state index in [0.29, 0.717) is 0 Å². The molecule has 0 radical (unpaired) electrons. The molecule has 166 valence electrons. The van der Waals surface area contributed by atoms with Crippen molar-refractivity contribution in [3.63, 3.8) is 0 Å². The number of hydrogen-bond donors (Lipinski definition) is 0. The zero-order valence-electron chi connectivity index (χ0n) is 19.3. The van der Waals surface area contributed by atoms with Crippen molar-refractivity contribution in [1.82, 2.24) is 4.90 Å². The molecule has 2 aromatic carbocycles.